The first-order valence-corrected chi connectivity index (χ1v) is 8.88. The molecule has 0 bridgehead atoms. The number of thiophene rings is 1. The van der Waals surface area contributed by atoms with Gasteiger partial charge in [-0.3, -0.25) is 9.48 Å². The molecule has 0 saturated carbocycles. The van der Waals surface area contributed by atoms with Crippen molar-refractivity contribution in [1.29, 1.82) is 0 Å². The molecule has 0 aliphatic carbocycles. The Morgan fingerprint density at radius 3 is 2.58 bits per heavy atom. The molecular weight excluding hydrogens is 382 g/mol. The fourth-order valence-corrected chi connectivity index (χ4v) is 3.55. The standard InChI is InChI=1S/C16H18ClN3O5S/c1-5-6-25-15(22)10-8(2)12(16(23)24-4)26-14(10)18-13(21)11-9(17)7-20(3)19-11/h7H,5-6H2,1-4H3,(H,18,21). The number of hydrogen-bond acceptors (Lipinski definition) is 7. The minimum Gasteiger partial charge on any atom is -0.465 e. The van der Waals surface area contributed by atoms with Gasteiger partial charge in [0.15, 0.2) is 5.69 Å². The van der Waals surface area contributed by atoms with Gasteiger partial charge in [-0.05, 0) is 18.9 Å². The van der Waals surface area contributed by atoms with Crippen LogP contribution in [0.2, 0.25) is 5.02 Å². The number of nitrogens with zero attached hydrogens (tertiary/aromatic N) is 2. The molecule has 10 heteroatoms. The number of carbonyl (C=O) groups is 3. The number of rotatable bonds is 6. The predicted molar refractivity (Wildman–Crippen MR) is 97.1 cm³/mol. The van der Waals surface area contributed by atoms with Gasteiger partial charge in [-0.25, -0.2) is 9.59 Å². The molecule has 0 fully saturated rings. The van der Waals surface area contributed by atoms with Crippen molar-refractivity contribution >= 4 is 45.8 Å². The molecule has 0 unspecified atom stereocenters. The normalized spacial score (nSPS) is 10.5. The highest BCUT2D eigenvalue weighted by atomic mass is 35.5. The molecule has 0 spiro atoms. The number of anilines is 1. The van der Waals surface area contributed by atoms with Gasteiger partial charge >= 0.3 is 11.9 Å². The lowest BCUT2D eigenvalue weighted by Gasteiger charge is -2.07. The van der Waals surface area contributed by atoms with Crippen LogP contribution in [-0.4, -0.2) is 41.3 Å². The van der Waals surface area contributed by atoms with Crippen LogP contribution >= 0.6 is 22.9 Å². The Balaban J connectivity index is 2.42. The van der Waals surface area contributed by atoms with E-state index < -0.39 is 17.8 Å². The van der Waals surface area contributed by atoms with Crippen molar-refractivity contribution in [3.05, 3.63) is 32.9 Å². The first kappa shape index (κ1) is 19.9. The maximum atomic E-state index is 12.5. The van der Waals surface area contributed by atoms with E-state index in [-0.39, 0.29) is 32.8 Å². The van der Waals surface area contributed by atoms with Crippen molar-refractivity contribution < 1.29 is 23.9 Å². The summed E-state index contributed by atoms with van der Waals surface area (Å²) in [5.74, 6) is -1.83. The number of methoxy groups -OCH3 is 1. The molecular formula is C16H18ClN3O5S. The van der Waals surface area contributed by atoms with Crippen LogP contribution in [0.5, 0.6) is 0 Å². The minimum absolute atomic E-state index is 0.00714. The second kappa shape index (κ2) is 8.33. The Labute approximate surface area is 159 Å². The largest absolute Gasteiger partial charge is 0.465 e. The van der Waals surface area contributed by atoms with Crippen molar-refractivity contribution in [3.8, 4) is 0 Å². The van der Waals surface area contributed by atoms with Gasteiger partial charge in [0.2, 0.25) is 0 Å². The van der Waals surface area contributed by atoms with Crippen molar-refractivity contribution in [2.24, 2.45) is 7.05 Å². The van der Waals surface area contributed by atoms with E-state index in [1.54, 1.807) is 14.0 Å². The Kier molecular flexibility index (Phi) is 6.38. The molecule has 0 aliphatic rings. The smallest absolute Gasteiger partial charge is 0.348 e. The van der Waals surface area contributed by atoms with Crippen molar-refractivity contribution in [3.63, 3.8) is 0 Å². The topological polar surface area (TPSA) is 99.5 Å². The number of carbonyl (C=O) groups excluding carboxylic acids is 3. The molecule has 0 saturated heterocycles. The Morgan fingerprint density at radius 1 is 1.35 bits per heavy atom. The van der Waals surface area contributed by atoms with E-state index >= 15 is 0 Å². The van der Waals surface area contributed by atoms with Crippen LogP contribution in [0.4, 0.5) is 5.00 Å². The SMILES string of the molecule is CCCOC(=O)c1c(NC(=O)c2nn(C)cc2Cl)sc(C(=O)OC)c1C. The average Bonchev–Trinajstić information content (AvgIpc) is 3.10. The maximum Gasteiger partial charge on any atom is 0.348 e. The van der Waals surface area contributed by atoms with Crippen molar-refractivity contribution in [1.82, 2.24) is 9.78 Å². The third kappa shape index (κ3) is 4.05. The lowest BCUT2D eigenvalue weighted by Crippen LogP contribution is -2.16. The molecule has 0 aromatic carbocycles. The molecule has 2 aromatic heterocycles. The molecule has 1 N–H and O–H groups in total. The van der Waals surface area contributed by atoms with Gasteiger partial charge in [0.1, 0.15) is 9.88 Å². The second-order valence-electron chi connectivity index (χ2n) is 5.34. The highest BCUT2D eigenvalue weighted by Crippen LogP contribution is 2.34. The predicted octanol–water partition coefficient (Wildman–Crippen LogP) is 3.05. The number of aryl methyl sites for hydroxylation is 1. The monoisotopic (exact) mass is 399 g/mol. The highest BCUT2D eigenvalue weighted by Gasteiger charge is 2.28. The number of aromatic nitrogens is 2. The van der Waals surface area contributed by atoms with Gasteiger partial charge in [0.05, 0.1) is 24.3 Å². The van der Waals surface area contributed by atoms with Crippen molar-refractivity contribution in [2.75, 3.05) is 19.0 Å². The summed E-state index contributed by atoms with van der Waals surface area (Å²) >= 11 is 6.91. The Hall–Kier alpha value is -2.39. The number of halogens is 1. The summed E-state index contributed by atoms with van der Waals surface area (Å²) in [5, 5.41) is 6.91. The van der Waals surface area contributed by atoms with E-state index in [0.717, 1.165) is 11.3 Å². The lowest BCUT2D eigenvalue weighted by molar-refractivity contribution is 0.0506. The van der Waals surface area contributed by atoms with Gasteiger partial charge in [-0.1, -0.05) is 18.5 Å². The van der Waals surface area contributed by atoms with Crippen LogP contribution in [0.25, 0.3) is 0 Å². The zero-order valence-corrected chi connectivity index (χ0v) is 16.3. The van der Waals surface area contributed by atoms with E-state index in [4.69, 9.17) is 21.1 Å². The third-order valence-electron chi connectivity index (χ3n) is 3.39. The van der Waals surface area contributed by atoms with Crippen LogP contribution in [0.3, 0.4) is 0 Å². The quantitative estimate of drug-likeness (QED) is 0.749. The molecule has 0 atom stereocenters. The summed E-state index contributed by atoms with van der Waals surface area (Å²) in [6.45, 7) is 3.68. The second-order valence-corrected chi connectivity index (χ2v) is 6.77. The molecule has 0 aliphatic heterocycles. The van der Waals surface area contributed by atoms with Gasteiger partial charge < -0.3 is 14.8 Å². The summed E-state index contributed by atoms with van der Waals surface area (Å²) in [6, 6.07) is 0. The van der Waals surface area contributed by atoms with E-state index in [1.165, 1.54) is 18.0 Å². The van der Waals surface area contributed by atoms with E-state index in [1.807, 2.05) is 6.92 Å². The summed E-state index contributed by atoms with van der Waals surface area (Å²) in [4.78, 5) is 37.0. The molecule has 8 nitrogen and oxygen atoms in total. The van der Waals surface area contributed by atoms with Gasteiger partial charge in [-0.2, -0.15) is 5.10 Å². The van der Waals surface area contributed by atoms with Crippen LogP contribution < -0.4 is 5.32 Å². The average molecular weight is 400 g/mol. The number of esters is 2. The Bertz CT molecular complexity index is 858. The highest BCUT2D eigenvalue weighted by molar-refractivity contribution is 7.18. The van der Waals surface area contributed by atoms with Gasteiger partial charge in [0, 0.05) is 13.2 Å². The fraction of sp³-hybridized carbons (Fsp3) is 0.375. The molecule has 2 rings (SSSR count). The zero-order chi connectivity index (χ0) is 19.4. The summed E-state index contributed by atoms with van der Waals surface area (Å²) in [7, 11) is 2.86. The molecule has 0 radical (unpaired) electrons. The van der Waals surface area contributed by atoms with Crippen molar-refractivity contribution in [2.45, 2.75) is 20.3 Å². The van der Waals surface area contributed by atoms with Gasteiger partial charge in [-0.15, -0.1) is 11.3 Å². The van der Waals surface area contributed by atoms with Crippen LogP contribution in [0.1, 0.15) is 49.4 Å². The first-order chi connectivity index (χ1) is 12.3. The van der Waals surface area contributed by atoms with Crippen LogP contribution in [-0.2, 0) is 16.5 Å². The number of amides is 1. The molecule has 1 amide bonds. The summed E-state index contributed by atoms with van der Waals surface area (Å²) < 4.78 is 11.3. The third-order valence-corrected chi connectivity index (χ3v) is 4.85. The lowest BCUT2D eigenvalue weighted by atomic mass is 10.1. The Morgan fingerprint density at radius 2 is 2.04 bits per heavy atom. The minimum atomic E-state index is -0.627. The summed E-state index contributed by atoms with van der Waals surface area (Å²) in [6.07, 6.45) is 2.12. The van der Waals surface area contributed by atoms with E-state index in [9.17, 15) is 14.4 Å². The molecule has 140 valence electrons. The van der Waals surface area contributed by atoms with E-state index in [2.05, 4.69) is 10.4 Å². The number of nitrogens with one attached hydrogen (secondary N) is 1. The first-order valence-electron chi connectivity index (χ1n) is 7.69. The van der Waals surface area contributed by atoms with Crippen LogP contribution in [0.15, 0.2) is 6.20 Å². The maximum absolute atomic E-state index is 12.5. The molecule has 26 heavy (non-hydrogen) atoms. The number of hydrogen-bond donors (Lipinski definition) is 1. The zero-order valence-electron chi connectivity index (χ0n) is 14.7. The molecule has 2 heterocycles. The molecule has 2 aromatic rings. The van der Waals surface area contributed by atoms with Gasteiger partial charge in [0.25, 0.3) is 5.91 Å². The van der Waals surface area contributed by atoms with E-state index in [0.29, 0.717) is 12.0 Å². The number of ether oxygens (including phenoxy) is 2. The summed E-state index contributed by atoms with van der Waals surface area (Å²) in [5.41, 5.74) is 0.502. The van der Waals surface area contributed by atoms with Crippen LogP contribution in [0, 0.1) is 6.92 Å². The fourth-order valence-electron chi connectivity index (χ4n) is 2.18.